The fraction of sp³-hybridized carbons (Fsp3) is 0.667. The smallest absolute Gasteiger partial charge is 0.0635 e. The van der Waals surface area contributed by atoms with Crippen LogP contribution in [0, 0.1) is 11.3 Å². The van der Waals surface area contributed by atoms with Gasteiger partial charge in [0.2, 0.25) is 0 Å². The minimum Gasteiger partial charge on any atom is -0.296 e. The van der Waals surface area contributed by atoms with E-state index in [2.05, 4.69) is 24.8 Å². The van der Waals surface area contributed by atoms with Gasteiger partial charge in [-0.3, -0.25) is 4.90 Å². The summed E-state index contributed by atoms with van der Waals surface area (Å²) in [6, 6.07) is 2.59. The van der Waals surface area contributed by atoms with Crippen LogP contribution in [-0.2, 0) is 0 Å². The Bertz CT molecular complexity index is 170. The molecular weight excluding hydrogens is 172 g/mol. The largest absolute Gasteiger partial charge is 0.296 e. The zero-order valence-corrected chi connectivity index (χ0v) is 8.38. The van der Waals surface area contributed by atoms with Crippen molar-refractivity contribution in [1.82, 2.24) is 4.90 Å². The monoisotopic (exact) mass is 186 g/mol. The number of hydrogen-bond acceptors (Lipinski definition) is 2. The quantitative estimate of drug-likeness (QED) is 0.659. The maximum atomic E-state index is 8.40. The van der Waals surface area contributed by atoms with Crippen LogP contribution in [-0.4, -0.2) is 24.0 Å². The molecule has 0 spiro atoms. The maximum absolute atomic E-state index is 8.40. The Morgan fingerprint density at radius 2 is 2.25 bits per heavy atom. The van der Waals surface area contributed by atoms with E-state index < -0.39 is 0 Å². The van der Waals surface area contributed by atoms with Gasteiger partial charge in [-0.05, 0) is 13.8 Å². The summed E-state index contributed by atoms with van der Waals surface area (Å²) in [5.41, 5.74) is 1.52. The third-order valence-corrected chi connectivity index (χ3v) is 1.85. The topological polar surface area (TPSA) is 27.0 Å². The third kappa shape index (κ3) is 5.17. The molecular formula is C9H15ClN2. The molecule has 2 nitrogen and oxygen atoms in total. The Hall–Kier alpha value is -0.520. The van der Waals surface area contributed by atoms with Crippen LogP contribution in [0.4, 0.5) is 0 Å². The van der Waals surface area contributed by atoms with Crippen molar-refractivity contribution in [2.75, 3.05) is 13.1 Å². The highest BCUT2D eigenvalue weighted by Crippen LogP contribution is 1.99. The summed E-state index contributed by atoms with van der Waals surface area (Å²) < 4.78 is 0. The number of halogens is 1. The number of rotatable bonds is 5. The van der Waals surface area contributed by atoms with Crippen LogP contribution in [0.2, 0.25) is 0 Å². The van der Waals surface area contributed by atoms with E-state index in [1.54, 1.807) is 0 Å². The second kappa shape index (κ2) is 7.15. The van der Waals surface area contributed by atoms with Crippen molar-refractivity contribution in [3.05, 3.63) is 11.6 Å². The van der Waals surface area contributed by atoms with Crippen molar-refractivity contribution < 1.29 is 0 Å². The lowest BCUT2D eigenvalue weighted by atomic mass is 10.3. The number of nitrogens with zero attached hydrogens (tertiary/aromatic N) is 2. The molecule has 0 aromatic carbocycles. The van der Waals surface area contributed by atoms with E-state index in [1.165, 1.54) is 5.54 Å². The fourth-order valence-corrected chi connectivity index (χ4v) is 1.01. The lowest BCUT2D eigenvalue weighted by molar-refractivity contribution is 0.252. The molecule has 0 fully saturated rings. The van der Waals surface area contributed by atoms with Crippen molar-refractivity contribution in [1.29, 1.82) is 5.26 Å². The van der Waals surface area contributed by atoms with Crippen molar-refractivity contribution in [2.45, 2.75) is 26.3 Å². The van der Waals surface area contributed by atoms with Gasteiger partial charge in [-0.25, -0.2) is 0 Å². The molecule has 68 valence electrons. The second-order valence-electron chi connectivity index (χ2n) is 2.86. The molecule has 0 aliphatic rings. The van der Waals surface area contributed by atoms with E-state index in [0.717, 1.165) is 13.1 Å². The molecule has 0 aromatic heterocycles. The van der Waals surface area contributed by atoms with Gasteiger partial charge in [-0.15, -0.1) is 0 Å². The lowest BCUT2D eigenvalue weighted by Crippen LogP contribution is -2.31. The van der Waals surface area contributed by atoms with Crippen molar-refractivity contribution in [3.8, 4) is 6.07 Å². The average molecular weight is 187 g/mol. The summed E-state index contributed by atoms with van der Waals surface area (Å²) in [5.74, 6) is 0. The van der Waals surface area contributed by atoms with Gasteiger partial charge < -0.3 is 0 Å². The van der Waals surface area contributed by atoms with Gasteiger partial charge in [0.1, 0.15) is 0 Å². The molecule has 0 radical (unpaired) electrons. The van der Waals surface area contributed by atoms with Crippen LogP contribution in [0.5, 0.6) is 0 Å². The first-order valence-electron chi connectivity index (χ1n) is 4.08. The summed E-state index contributed by atoms with van der Waals surface area (Å²) >= 11 is 5.41. The standard InChI is InChI=1S/C9H15ClN2/c1-9(2)12(7-3-5-10)8-4-6-11/h3,5,9H,4,7-8H2,1-2H3. The molecule has 0 bridgehead atoms. The average Bonchev–Trinajstić information content (AvgIpc) is 2.04. The van der Waals surface area contributed by atoms with Crippen molar-refractivity contribution in [2.24, 2.45) is 0 Å². The van der Waals surface area contributed by atoms with Crippen LogP contribution in [0.3, 0.4) is 0 Å². The minimum atomic E-state index is 0.464. The summed E-state index contributed by atoms with van der Waals surface area (Å²) in [6.45, 7) is 5.86. The second-order valence-corrected chi connectivity index (χ2v) is 3.11. The zero-order chi connectivity index (χ0) is 9.40. The molecule has 0 amide bonds. The Balaban J connectivity index is 3.79. The molecule has 0 saturated heterocycles. The highest BCUT2D eigenvalue weighted by molar-refractivity contribution is 6.25. The molecule has 0 heterocycles. The maximum Gasteiger partial charge on any atom is 0.0635 e. The van der Waals surface area contributed by atoms with Gasteiger partial charge in [0.25, 0.3) is 0 Å². The van der Waals surface area contributed by atoms with E-state index >= 15 is 0 Å². The van der Waals surface area contributed by atoms with E-state index in [0.29, 0.717) is 12.5 Å². The Morgan fingerprint density at radius 3 is 2.67 bits per heavy atom. The predicted octanol–water partition coefficient (Wildman–Crippen LogP) is 2.36. The number of nitriles is 1. The molecule has 12 heavy (non-hydrogen) atoms. The molecule has 0 rings (SSSR count). The van der Waals surface area contributed by atoms with Crippen LogP contribution in [0.25, 0.3) is 0 Å². The third-order valence-electron chi connectivity index (χ3n) is 1.67. The molecule has 0 aromatic rings. The molecule has 0 saturated carbocycles. The molecule has 0 aliphatic carbocycles. The van der Waals surface area contributed by atoms with Gasteiger partial charge in [-0.1, -0.05) is 17.7 Å². The molecule has 3 heteroatoms. The van der Waals surface area contributed by atoms with Gasteiger partial charge in [0.15, 0.2) is 0 Å². The predicted molar refractivity (Wildman–Crippen MR) is 51.9 cm³/mol. The summed E-state index contributed by atoms with van der Waals surface area (Å²) in [5, 5.41) is 8.40. The van der Waals surface area contributed by atoms with Crippen LogP contribution in [0.1, 0.15) is 20.3 Å². The summed E-state index contributed by atoms with van der Waals surface area (Å²) in [7, 11) is 0. The van der Waals surface area contributed by atoms with Crippen molar-refractivity contribution >= 4 is 11.6 Å². The summed E-state index contributed by atoms with van der Waals surface area (Å²) in [6.07, 6.45) is 2.47. The van der Waals surface area contributed by atoms with E-state index in [9.17, 15) is 0 Å². The summed E-state index contributed by atoms with van der Waals surface area (Å²) in [4.78, 5) is 2.20. The molecule has 0 atom stereocenters. The van der Waals surface area contributed by atoms with Crippen LogP contribution in [0.15, 0.2) is 11.6 Å². The van der Waals surface area contributed by atoms with Crippen molar-refractivity contribution in [3.63, 3.8) is 0 Å². The van der Waals surface area contributed by atoms with Gasteiger partial charge in [-0.2, -0.15) is 5.26 Å². The van der Waals surface area contributed by atoms with E-state index in [-0.39, 0.29) is 0 Å². The highest BCUT2D eigenvalue weighted by atomic mass is 35.5. The van der Waals surface area contributed by atoms with Crippen LogP contribution >= 0.6 is 11.6 Å². The fourth-order valence-electron chi connectivity index (χ4n) is 0.929. The SMILES string of the molecule is CC(C)N(CC=CCl)CCC#N. The molecule has 0 unspecified atom stereocenters. The number of hydrogen-bond donors (Lipinski definition) is 0. The molecule has 0 aliphatic heterocycles. The first-order chi connectivity index (χ1) is 5.72. The Morgan fingerprint density at radius 1 is 1.58 bits per heavy atom. The Kier molecular flexibility index (Phi) is 6.84. The van der Waals surface area contributed by atoms with Gasteiger partial charge in [0.05, 0.1) is 6.07 Å². The first-order valence-corrected chi connectivity index (χ1v) is 4.52. The zero-order valence-electron chi connectivity index (χ0n) is 7.63. The highest BCUT2D eigenvalue weighted by Gasteiger charge is 2.05. The minimum absolute atomic E-state index is 0.464. The normalized spacial score (nSPS) is 11.3. The lowest BCUT2D eigenvalue weighted by Gasteiger charge is -2.23. The van der Waals surface area contributed by atoms with E-state index in [1.807, 2.05) is 6.08 Å². The molecule has 0 N–H and O–H groups in total. The Labute approximate surface area is 79.4 Å². The van der Waals surface area contributed by atoms with Gasteiger partial charge in [0, 0.05) is 31.1 Å². The van der Waals surface area contributed by atoms with Gasteiger partial charge >= 0.3 is 0 Å². The first kappa shape index (κ1) is 11.5. The van der Waals surface area contributed by atoms with Crippen LogP contribution < -0.4 is 0 Å². The van der Waals surface area contributed by atoms with E-state index in [4.69, 9.17) is 16.9 Å².